The number of hydrogen-bond donors (Lipinski definition) is 0. The van der Waals surface area contributed by atoms with Gasteiger partial charge in [0, 0.05) is 0 Å². The Bertz CT molecular complexity index is 264. The summed E-state index contributed by atoms with van der Waals surface area (Å²) in [6, 6.07) is 0. The number of rotatable bonds is 2. The Morgan fingerprint density at radius 3 is 1.83 bits per heavy atom. The fourth-order valence-electron chi connectivity index (χ4n) is 5.61. The molecule has 0 aliphatic heterocycles. The molecule has 0 nitrogen and oxygen atoms in total. The molecule has 0 unspecified atom stereocenters. The molecule has 0 amide bonds. The maximum Gasteiger partial charge on any atom is -0.0287 e. The van der Waals surface area contributed by atoms with Crippen LogP contribution in [0.3, 0.4) is 0 Å². The second-order valence-electron chi connectivity index (χ2n) is 8.27. The van der Waals surface area contributed by atoms with Gasteiger partial charge in [0.05, 0.1) is 0 Å². The molecular formula is C18H32. The largest absolute Gasteiger partial charge is 0.0654 e. The highest BCUT2D eigenvalue weighted by Crippen LogP contribution is 2.66. The van der Waals surface area contributed by atoms with Gasteiger partial charge in [-0.1, -0.05) is 39.5 Å². The van der Waals surface area contributed by atoms with Crippen LogP contribution in [0, 0.1) is 22.7 Å². The van der Waals surface area contributed by atoms with Crippen LogP contribution >= 0.6 is 0 Å². The smallest absolute Gasteiger partial charge is 0.0287 e. The Kier molecular flexibility index (Phi) is 3.49. The molecule has 3 saturated carbocycles. The molecule has 0 aromatic carbocycles. The third-order valence-corrected chi connectivity index (χ3v) is 6.70. The van der Waals surface area contributed by atoms with Crippen LogP contribution < -0.4 is 0 Å². The Balaban J connectivity index is 1.50. The fourth-order valence-corrected chi connectivity index (χ4v) is 5.61. The van der Waals surface area contributed by atoms with E-state index >= 15 is 0 Å². The zero-order chi connectivity index (χ0) is 12.6. The van der Waals surface area contributed by atoms with Gasteiger partial charge in [-0.25, -0.2) is 0 Å². The molecule has 0 atom stereocenters. The minimum atomic E-state index is 0.837. The lowest BCUT2D eigenvalue weighted by Gasteiger charge is -2.61. The molecule has 0 saturated heterocycles. The monoisotopic (exact) mass is 248 g/mol. The summed E-state index contributed by atoms with van der Waals surface area (Å²) in [7, 11) is 0. The zero-order valence-electron chi connectivity index (χ0n) is 12.6. The fraction of sp³-hybridized carbons (Fsp3) is 1.00. The van der Waals surface area contributed by atoms with Crippen molar-refractivity contribution in [3.8, 4) is 0 Å². The summed E-state index contributed by atoms with van der Waals surface area (Å²) in [6.45, 7) is 4.81. The van der Waals surface area contributed by atoms with Crippen molar-refractivity contribution in [2.24, 2.45) is 22.7 Å². The Morgan fingerprint density at radius 1 is 0.833 bits per heavy atom. The van der Waals surface area contributed by atoms with Crippen LogP contribution in [0.5, 0.6) is 0 Å². The summed E-state index contributed by atoms with van der Waals surface area (Å²) in [5, 5.41) is 0. The van der Waals surface area contributed by atoms with Gasteiger partial charge in [0.25, 0.3) is 0 Å². The van der Waals surface area contributed by atoms with E-state index in [1.165, 1.54) is 25.7 Å². The summed E-state index contributed by atoms with van der Waals surface area (Å²) in [5.41, 5.74) is 1.68. The SMILES string of the molecule is CCCC1CCC2(CC1)CC1(CCC(C)CC1)C2. The van der Waals surface area contributed by atoms with E-state index in [1.54, 1.807) is 51.4 Å². The average molecular weight is 248 g/mol. The van der Waals surface area contributed by atoms with Crippen LogP contribution in [0.25, 0.3) is 0 Å². The summed E-state index contributed by atoms with van der Waals surface area (Å²) < 4.78 is 0. The zero-order valence-corrected chi connectivity index (χ0v) is 12.6. The van der Waals surface area contributed by atoms with Crippen LogP contribution in [0.1, 0.15) is 90.9 Å². The van der Waals surface area contributed by atoms with E-state index in [0.717, 1.165) is 22.7 Å². The molecular weight excluding hydrogens is 216 g/mol. The third kappa shape index (κ3) is 2.37. The van der Waals surface area contributed by atoms with Gasteiger partial charge in [0.1, 0.15) is 0 Å². The molecule has 0 aromatic rings. The molecule has 0 heterocycles. The normalized spacial score (nSPS) is 48.3. The summed E-state index contributed by atoms with van der Waals surface area (Å²) in [4.78, 5) is 0. The summed E-state index contributed by atoms with van der Waals surface area (Å²) >= 11 is 0. The molecule has 104 valence electrons. The predicted molar refractivity (Wildman–Crippen MR) is 78.6 cm³/mol. The van der Waals surface area contributed by atoms with E-state index in [4.69, 9.17) is 0 Å². The van der Waals surface area contributed by atoms with E-state index in [1.807, 2.05) is 0 Å². The van der Waals surface area contributed by atoms with E-state index in [-0.39, 0.29) is 0 Å². The third-order valence-electron chi connectivity index (χ3n) is 6.70. The molecule has 3 aliphatic carbocycles. The minimum absolute atomic E-state index is 0.837. The first-order valence-corrected chi connectivity index (χ1v) is 8.65. The topological polar surface area (TPSA) is 0 Å². The van der Waals surface area contributed by atoms with Gasteiger partial charge in [-0.15, -0.1) is 0 Å². The highest BCUT2D eigenvalue weighted by molar-refractivity contribution is 5.05. The van der Waals surface area contributed by atoms with Gasteiger partial charge in [-0.3, -0.25) is 0 Å². The van der Waals surface area contributed by atoms with Crippen molar-refractivity contribution in [3.05, 3.63) is 0 Å². The van der Waals surface area contributed by atoms with E-state index in [9.17, 15) is 0 Å². The second-order valence-corrected chi connectivity index (χ2v) is 8.27. The van der Waals surface area contributed by atoms with Gasteiger partial charge >= 0.3 is 0 Å². The second kappa shape index (κ2) is 4.84. The molecule has 2 spiro atoms. The number of hydrogen-bond acceptors (Lipinski definition) is 0. The molecule has 0 heteroatoms. The van der Waals surface area contributed by atoms with Crippen molar-refractivity contribution >= 4 is 0 Å². The molecule has 0 N–H and O–H groups in total. The molecule has 3 aliphatic rings. The van der Waals surface area contributed by atoms with Crippen molar-refractivity contribution in [2.75, 3.05) is 0 Å². The maximum absolute atomic E-state index is 2.46. The van der Waals surface area contributed by atoms with E-state index in [2.05, 4.69) is 13.8 Å². The molecule has 3 fully saturated rings. The van der Waals surface area contributed by atoms with Crippen LogP contribution in [-0.4, -0.2) is 0 Å². The first kappa shape index (κ1) is 13.0. The van der Waals surface area contributed by atoms with Crippen molar-refractivity contribution in [1.29, 1.82) is 0 Å². The van der Waals surface area contributed by atoms with Crippen LogP contribution in [0.4, 0.5) is 0 Å². The van der Waals surface area contributed by atoms with E-state index < -0.39 is 0 Å². The van der Waals surface area contributed by atoms with Crippen LogP contribution in [0.2, 0.25) is 0 Å². The first-order chi connectivity index (χ1) is 8.65. The summed E-state index contributed by atoms with van der Waals surface area (Å²) in [6.07, 6.45) is 18.6. The van der Waals surface area contributed by atoms with Gasteiger partial charge in [-0.05, 0) is 74.0 Å². The maximum atomic E-state index is 2.46. The standard InChI is InChI=1S/C18H32/c1-3-4-16-7-11-18(12-8-16)13-17(14-18)9-5-15(2)6-10-17/h15-16H,3-14H2,1-2H3. The average Bonchev–Trinajstić information content (AvgIpc) is 2.34. The van der Waals surface area contributed by atoms with Gasteiger partial charge in [0.2, 0.25) is 0 Å². The lowest BCUT2D eigenvalue weighted by atomic mass is 9.44. The minimum Gasteiger partial charge on any atom is -0.0654 e. The molecule has 18 heavy (non-hydrogen) atoms. The van der Waals surface area contributed by atoms with Crippen molar-refractivity contribution in [1.82, 2.24) is 0 Å². The Morgan fingerprint density at radius 2 is 1.33 bits per heavy atom. The van der Waals surface area contributed by atoms with Gasteiger partial charge < -0.3 is 0 Å². The molecule has 0 radical (unpaired) electrons. The Hall–Kier alpha value is 0. The Labute approximate surface area is 114 Å². The summed E-state index contributed by atoms with van der Waals surface area (Å²) in [5.74, 6) is 2.11. The lowest BCUT2D eigenvalue weighted by molar-refractivity contribution is -0.100. The van der Waals surface area contributed by atoms with Crippen molar-refractivity contribution in [3.63, 3.8) is 0 Å². The molecule has 0 aromatic heterocycles. The van der Waals surface area contributed by atoms with Crippen molar-refractivity contribution < 1.29 is 0 Å². The highest BCUT2D eigenvalue weighted by atomic mass is 14.6. The first-order valence-electron chi connectivity index (χ1n) is 8.65. The molecule has 3 rings (SSSR count). The van der Waals surface area contributed by atoms with Crippen LogP contribution in [0.15, 0.2) is 0 Å². The van der Waals surface area contributed by atoms with E-state index in [0.29, 0.717) is 0 Å². The van der Waals surface area contributed by atoms with Crippen molar-refractivity contribution in [2.45, 2.75) is 90.9 Å². The molecule has 0 bridgehead atoms. The predicted octanol–water partition coefficient (Wildman–Crippen LogP) is 5.95. The van der Waals surface area contributed by atoms with Gasteiger partial charge in [-0.2, -0.15) is 0 Å². The van der Waals surface area contributed by atoms with Gasteiger partial charge in [0.15, 0.2) is 0 Å². The highest BCUT2D eigenvalue weighted by Gasteiger charge is 2.54. The quantitative estimate of drug-likeness (QED) is 0.566. The lowest BCUT2D eigenvalue weighted by Crippen LogP contribution is -2.49. The van der Waals surface area contributed by atoms with Crippen LogP contribution in [-0.2, 0) is 0 Å².